The Hall–Kier alpha value is -2.58. The van der Waals surface area contributed by atoms with Gasteiger partial charge in [-0.05, 0) is 37.1 Å². The Morgan fingerprint density at radius 3 is 2.71 bits per heavy atom. The van der Waals surface area contributed by atoms with Crippen molar-refractivity contribution < 1.29 is 12.8 Å². The third-order valence-electron chi connectivity index (χ3n) is 5.01. The fraction of sp³-hybridized carbons (Fsp3) is 0.300. The highest BCUT2D eigenvalue weighted by atomic mass is 32.2. The molecule has 1 saturated heterocycles. The summed E-state index contributed by atoms with van der Waals surface area (Å²) < 4.78 is 43.0. The van der Waals surface area contributed by atoms with Gasteiger partial charge in [0.2, 0.25) is 0 Å². The standard InChI is InChI=1S/C20H21FN4O2S/c1-24-13-20(22-14-24)28(26,27)25-11-5-6-15(12-25)18-9-4-10-19(23-18)16-7-2-3-8-17(16)21/h2-4,7-10,13-15H,5-6,11-12H2,1H3/t15-/m0/s1. The second-order valence-corrected chi connectivity index (χ2v) is 8.89. The molecule has 2 aromatic heterocycles. The van der Waals surface area contributed by atoms with Gasteiger partial charge in [0, 0.05) is 43.5 Å². The zero-order valence-corrected chi connectivity index (χ0v) is 16.3. The number of hydrogen-bond donors (Lipinski definition) is 0. The Labute approximate surface area is 163 Å². The minimum atomic E-state index is -3.64. The van der Waals surface area contributed by atoms with Crippen molar-refractivity contribution in [2.45, 2.75) is 23.8 Å². The van der Waals surface area contributed by atoms with Crippen molar-refractivity contribution in [3.05, 3.63) is 66.5 Å². The Kier molecular flexibility index (Phi) is 4.99. The van der Waals surface area contributed by atoms with E-state index in [0.29, 0.717) is 24.3 Å². The predicted molar refractivity (Wildman–Crippen MR) is 104 cm³/mol. The molecule has 28 heavy (non-hydrogen) atoms. The SMILES string of the molecule is Cn1cnc(S(=O)(=O)N2CCC[C@H](c3cccc(-c4ccccc4F)n3)C2)c1. The molecule has 6 nitrogen and oxygen atoms in total. The number of aryl methyl sites for hydroxylation is 1. The largest absolute Gasteiger partial charge is 0.339 e. The Morgan fingerprint density at radius 2 is 1.96 bits per heavy atom. The van der Waals surface area contributed by atoms with E-state index in [9.17, 15) is 12.8 Å². The van der Waals surface area contributed by atoms with Crippen molar-refractivity contribution in [2.75, 3.05) is 13.1 Å². The summed E-state index contributed by atoms with van der Waals surface area (Å²) >= 11 is 0. The van der Waals surface area contributed by atoms with Crippen LogP contribution < -0.4 is 0 Å². The fourth-order valence-corrected chi connectivity index (χ4v) is 5.04. The molecule has 0 aliphatic carbocycles. The number of imidazole rings is 1. The fourth-order valence-electron chi connectivity index (χ4n) is 3.55. The molecule has 1 aliphatic rings. The number of rotatable bonds is 4. The van der Waals surface area contributed by atoms with E-state index in [0.717, 1.165) is 18.5 Å². The lowest BCUT2D eigenvalue weighted by Gasteiger charge is -2.31. The van der Waals surface area contributed by atoms with Crippen LogP contribution in [-0.4, -0.2) is 40.3 Å². The van der Waals surface area contributed by atoms with Gasteiger partial charge in [0.15, 0.2) is 5.03 Å². The summed E-state index contributed by atoms with van der Waals surface area (Å²) in [5, 5.41) is 0.0590. The third-order valence-corrected chi connectivity index (χ3v) is 6.76. The average molecular weight is 400 g/mol. The summed E-state index contributed by atoms with van der Waals surface area (Å²) in [6.07, 6.45) is 4.56. The average Bonchev–Trinajstić information content (AvgIpc) is 3.16. The van der Waals surface area contributed by atoms with E-state index in [1.54, 1.807) is 35.9 Å². The van der Waals surface area contributed by atoms with Crippen molar-refractivity contribution in [2.24, 2.45) is 7.05 Å². The topological polar surface area (TPSA) is 68.1 Å². The zero-order valence-electron chi connectivity index (χ0n) is 15.5. The van der Waals surface area contributed by atoms with Gasteiger partial charge in [0.05, 0.1) is 12.0 Å². The maximum absolute atomic E-state index is 14.1. The number of nitrogens with zero attached hydrogens (tertiary/aromatic N) is 4. The number of piperidine rings is 1. The van der Waals surface area contributed by atoms with Crippen LogP contribution in [0.2, 0.25) is 0 Å². The van der Waals surface area contributed by atoms with Crippen molar-refractivity contribution >= 4 is 10.0 Å². The van der Waals surface area contributed by atoms with Crippen LogP contribution in [0.5, 0.6) is 0 Å². The first-order valence-corrected chi connectivity index (χ1v) is 10.6. The molecule has 1 atom stereocenters. The second kappa shape index (κ2) is 7.44. The van der Waals surface area contributed by atoms with Crippen LogP contribution in [0.3, 0.4) is 0 Å². The van der Waals surface area contributed by atoms with E-state index >= 15 is 0 Å². The molecule has 3 aromatic rings. The lowest BCUT2D eigenvalue weighted by atomic mass is 9.95. The molecular weight excluding hydrogens is 379 g/mol. The van der Waals surface area contributed by atoms with Gasteiger partial charge in [0.1, 0.15) is 5.82 Å². The van der Waals surface area contributed by atoms with Gasteiger partial charge in [-0.25, -0.2) is 17.8 Å². The van der Waals surface area contributed by atoms with Gasteiger partial charge in [-0.1, -0.05) is 18.2 Å². The Morgan fingerprint density at radius 1 is 1.14 bits per heavy atom. The monoisotopic (exact) mass is 400 g/mol. The van der Waals surface area contributed by atoms with Crippen LogP contribution in [-0.2, 0) is 17.1 Å². The smallest absolute Gasteiger partial charge is 0.262 e. The van der Waals surface area contributed by atoms with Gasteiger partial charge in [0.25, 0.3) is 10.0 Å². The molecule has 1 aromatic carbocycles. The number of halogens is 1. The first kappa shape index (κ1) is 18.8. The number of sulfonamides is 1. The lowest BCUT2D eigenvalue weighted by Crippen LogP contribution is -2.39. The van der Waals surface area contributed by atoms with Crippen LogP contribution in [0.25, 0.3) is 11.3 Å². The number of aromatic nitrogens is 3. The summed E-state index contributed by atoms with van der Waals surface area (Å²) in [5.41, 5.74) is 1.78. The summed E-state index contributed by atoms with van der Waals surface area (Å²) in [5.74, 6) is -0.367. The maximum Gasteiger partial charge on any atom is 0.262 e. The molecule has 0 amide bonds. The van der Waals surface area contributed by atoms with E-state index in [4.69, 9.17) is 0 Å². The van der Waals surface area contributed by atoms with Gasteiger partial charge in [-0.2, -0.15) is 4.31 Å². The van der Waals surface area contributed by atoms with Gasteiger partial charge >= 0.3 is 0 Å². The molecule has 0 bridgehead atoms. The molecule has 0 unspecified atom stereocenters. The molecule has 0 radical (unpaired) electrons. The summed E-state index contributed by atoms with van der Waals surface area (Å²) in [7, 11) is -1.90. The van der Waals surface area contributed by atoms with Crippen LogP contribution in [0.1, 0.15) is 24.5 Å². The maximum atomic E-state index is 14.1. The molecule has 1 aliphatic heterocycles. The molecule has 8 heteroatoms. The summed E-state index contributed by atoms with van der Waals surface area (Å²) in [4.78, 5) is 8.64. The molecule has 146 valence electrons. The molecule has 0 saturated carbocycles. The van der Waals surface area contributed by atoms with Crippen LogP contribution in [0, 0.1) is 5.82 Å². The minimum absolute atomic E-state index is 0.0426. The Bertz CT molecular complexity index is 1100. The van der Waals surface area contributed by atoms with E-state index in [2.05, 4.69) is 9.97 Å². The molecular formula is C20H21FN4O2S. The summed E-state index contributed by atoms with van der Waals surface area (Å²) in [6, 6.07) is 12.0. The minimum Gasteiger partial charge on any atom is -0.339 e. The lowest BCUT2D eigenvalue weighted by molar-refractivity contribution is 0.312. The zero-order chi connectivity index (χ0) is 19.7. The second-order valence-electron chi connectivity index (χ2n) is 7.01. The van der Waals surface area contributed by atoms with Gasteiger partial charge in [-0.15, -0.1) is 0 Å². The summed E-state index contributed by atoms with van der Waals surface area (Å²) in [6.45, 7) is 0.801. The van der Waals surface area contributed by atoms with Gasteiger partial charge < -0.3 is 4.57 Å². The van der Waals surface area contributed by atoms with Crippen LogP contribution >= 0.6 is 0 Å². The number of pyridine rings is 1. The molecule has 0 N–H and O–H groups in total. The molecule has 4 rings (SSSR count). The first-order chi connectivity index (χ1) is 13.4. The van der Waals surface area contributed by atoms with E-state index in [1.165, 1.54) is 22.9 Å². The predicted octanol–water partition coefficient (Wildman–Crippen LogP) is 3.19. The molecule has 0 spiro atoms. The quantitative estimate of drug-likeness (QED) is 0.675. The van der Waals surface area contributed by atoms with E-state index < -0.39 is 10.0 Å². The normalized spacial score (nSPS) is 18.3. The Balaban J connectivity index is 1.60. The highest BCUT2D eigenvalue weighted by Gasteiger charge is 2.32. The van der Waals surface area contributed by atoms with Crippen molar-refractivity contribution in [3.8, 4) is 11.3 Å². The van der Waals surface area contributed by atoms with Gasteiger partial charge in [-0.3, -0.25) is 4.98 Å². The molecule has 3 heterocycles. The highest BCUT2D eigenvalue weighted by Crippen LogP contribution is 2.30. The van der Waals surface area contributed by atoms with Crippen molar-refractivity contribution in [3.63, 3.8) is 0 Å². The number of benzene rings is 1. The van der Waals surface area contributed by atoms with Crippen LogP contribution in [0.4, 0.5) is 4.39 Å². The van der Waals surface area contributed by atoms with Crippen molar-refractivity contribution in [1.82, 2.24) is 18.8 Å². The first-order valence-electron chi connectivity index (χ1n) is 9.15. The van der Waals surface area contributed by atoms with E-state index in [-0.39, 0.29) is 16.8 Å². The highest BCUT2D eigenvalue weighted by molar-refractivity contribution is 7.89. The van der Waals surface area contributed by atoms with Crippen LogP contribution in [0.15, 0.2) is 60.0 Å². The third kappa shape index (κ3) is 3.57. The van der Waals surface area contributed by atoms with E-state index in [1.807, 2.05) is 12.1 Å². The molecule has 1 fully saturated rings. The van der Waals surface area contributed by atoms with Crippen molar-refractivity contribution in [1.29, 1.82) is 0 Å². The number of hydrogen-bond acceptors (Lipinski definition) is 4.